The Bertz CT molecular complexity index is 1440. The van der Waals surface area contributed by atoms with Gasteiger partial charge in [0.05, 0.1) is 29.5 Å². The zero-order chi connectivity index (χ0) is 25.7. The molecular formula is C25H29N7O3S. The molecule has 0 aliphatic heterocycles. The second kappa shape index (κ2) is 10.9. The van der Waals surface area contributed by atoms with Gasteiger partial charge in [0.25, 0.3) is 0 Å². The fourth-order valence-electron chi connectivity index (χ4n) is 3.65. The normalized spacial score (nSPS) is 12.5. The van der Waals surface area contributed by atoms with Crippen LogP contribution >= 0.6 is 0 Å². The summed E-state index contributed by atoms with van der Waals surface area (Å²) < 4.78 is 30.1. The van der Waals surface area contributed by atoms with Crippen molar-refractivity contribution in [2.75, 3.05) is 18.9 Å². The molecule has 1 aromatic carbocycles. The largest absolute Gasteiger partial charge is 0.396 e. The van der Waals surface area contributed by atoms with E-state index < -0.39 is 10.0 Å². The van der Waals surface area contributed by atoms with Crippen LogP contribution in [-0.2, 0) is 16.6 Å². The fraction of sp³-hybridized carbons (Fsp3) is 0.280. The molecule has 0 bridgehead atoms. The second-order valence-corrected chi connectivity index (χ2v) is 10.5. The van der Waals surface area contributed by atoms with Gasteiger partial charge in [0, 0.05) is 42.9 Å². The molecule has 3 aromatic heterocycles. The first-order chi connectivity index (χ1) is 17.3. The second-order valence-electron chi connectivity index (χ2n) is 8.73. The molecule has 11 heteroatoms. The highest BCUT2D eigenvalue weighted by atomic mass is 32.2. The van der Waals surface area contributed by atoms with Crippen molar-refractivity contribution in [3.05, 3.63) is 72.4 Å². The van der Waals surface area contributed by atoms with E-state index in [0.717, 1.165) is 11.1 Å². The van der Waals surface area contributed by atoms with E-state index in [0.29, 0.717) is 35.5 Å². The number of hydrogen-bond donors (Lipinski definition) is 3. The Kier molecular flexibility index (Phi) is 7.73. The van der Waals surface area contributed by atoms with Gasteiger partial charge < -0.3 is 10.8 Å². The van der Waals surface area contributed by atoms with Crippen LogP contribution < -0.4 is 10.5 Å². The quantitative estimate of drug-likeness (QED) is 0.297. The predicted octanol–water partition coefficient (Wildman–Crippen LogP) is 2.64. The number of sulfonamides is 1. The molecule has 0 aliphatic carbocycles. The van der Waals surface area contributed by atoms with E-state index >= 15 is 0 Å². The molecule has 0 saturated heterocycles. The van der Waals surface area contributed by atoms with Gasteiger partial charge in [-0.3, -0.25) is 9.67 Å². The average Bonchev–Trinajstić information content (AvgIpc) is 3.33. The lowest BCUT2D eigenvalue weighted by atomic mass is 10.1. The highest BCUT2D eigenvalue weighted by Gasteiger charge is 2.18. The number of nitrogens with two attached hydrogens (primary N) is 1. The van der Waals surface area contributed by atoms with Crippen molar-refractivity contribution in [3.63, 3.8) is 0 Å². The van der Waals surface area contributed by atoms with Crippen molar-refractivity contribution in [1.29, 1.82) is 0 Å². The van der Waals surface area contributed by atoms with E-state index in [1.165, 1.54) is 6.20 Å². The van der Waals surface area contributed by atoms with E-state index in [1.807, 2.05) is 32.2 Å². The summed E-state index contributed by atoms with van der Waals surface area (Å²) in [5.74, 6) is 0.263. The van der Waals surface area contributed by atoms with E-state index in [1.54, 1.807) is 41.5 Å². The first-order valence-corrected chi connectivity index (χ1v) is 13.0. The summed E-state index contributed by atoms with van der Waals surface area (Å²) in [5, 5.41) is 13.6. The summed E-state index contributed by atoms with van der Waals surface area (Å²) in [6.07, 6.45) is 9.08. The Labute approximate surface area is 210 Å². The molecule has 0 amide bonds. The number of hydrogen-bond acceptors (Lipinski definition) is 8. The van der Waals surface area contributed by atoms with Gasteiger partial charge in [-0.05, 0) is 48.6 Å². The monoisotopic (exact) mass is 507 g/mol. The number of aliphatic hydroxyl groups is 1. The van der Waals surface area contributed by atoms with Gasteiger partial charge in [0.1, 0.15) is 11.5 Å². The molecule has 4 aromatic rings. The molecule has 188 valence electrons. The molecule has 0 radical (unpaired) electrons. The Morgan fingerprint density at radius 2 is 2.03 bits per heavy atom. The molecule has 3 heterocycles. The molecule has 0 aliphatic rings. The molecule has 0 fully saturated rings. The van der Waals surface area contributed by atoms with Crippen LogP contribution in [0.2, 0.25) is 0 Å². The van der Waals surface area contributed by atoms with Gasteiger partial charge in [-0.1, -0.05) is 19.1 Å². The number of rotatable bonds is 10. The van der Waals surface area contributed by atoms with Crippen LogP contribution in [-0.4, -0.2) is 51.4 Å². The van der Waals surface area contributed by atoms with E-state index in [4.69, 9.17) is 15.8 Å². The number of nitrogen functional groups attached to an aromatic ring is 1. The van der Waals surface area contributed by atoms with Crippen LogP contribution in [0.15, 0.2) is 66.2 Å². The highest BCUT2D eigenvalue weighted by molar-refractivity contribution is 7.89. The maximum Gasteiger partial charge on any atom is 0.240 e. The molecule has 36 heavy (non-hydrogen) atoms. The minimum atomic E-state index is -3.73. The SMILES string of the molecule is Cc1ccc(S(=O)(=O)NCCC(C)CO)cc1-c1cnc(N)c(-c2cnn(Cc3cccnc3)c2)n1. The topological polar surface area (TPSA) is 149 Å². The molecule has 4 N–H and O–H groups in total. The maximum absolute atomic E-state index is 12.8. The molecule has 0 spiro atoms. The Morgan fingerprint density at radius 3 is 2.78 bits per heavy atom. The Hall–Kier alpha value is -3.67. The van der Waals surface area contributed by atoms with Gasteiger partial charge in [0.15, 0.2) is 0 Å². The van der Waals surface area contributed by atoms with Crippen LogP contribution in [0.1, 0.15) is 24.5 Å². The summed E-state index contributed by atoms with van der Waals surface area (Å²) in [7, 11) is -3.73. The number of aliphatic hydroxyl groups excluding tert-OH is 1. The van der Waals surface area contributed by atoms with Crippen LogP contribution in [0, 0.1) is 12.8 Å². The van der Waals surface area contributed by atoms with Crippen LogP contribution in [0.5, 0.6) is 0 Å². The van der Waals surface area contributed by atoms with Gasteiger partial charge in [-0.25, -0.2) is 23.1 Å². The Morgan fingerprint density at radius 1 is 1.19 bits per heavy atom. The van der Waals surface area contributed by atoms with Crippen molar-refractivity contribution in [2.45, 2.75) is 31.7 Å². The number of pyridine rings is 1. The fourth-order valence-corrected chi connectivity index (χ4v) is 4.72. The summed E-state index contributed by atoms with van der Waals surface area (Å²) in [6.45, 7) is 4.53. The number of aryl methyl sites for hydroxylation is 1. The average molecular weight is 508 g/mol. The van der Waals surface area contributed by atoms with Crippen molar-refractivity contribution in [2.24, 2.45) is 5.92 Å². The van der Waals surface area contributed by atoms with Crippen molar-refractivity contribution >= 4 is 15.8 Å². The third kappa shape index (κ3) is 5.93. The van der Waals surface area contributed by atoms with Gasteiger partial charge >= 0.3 is 0 Å². The third-order valence-electron chi connectivity index (χ3n) is 5.81. The highest BCUT2D eigenvalue weighted by Crippen LogP contribution is 2.29. The minimum absolute atomic E-state index is 0.0108. The molecule has 4 rings (SSSR count). The predicted molar refractivity (Wildman–Crippen MR) is 137 cm³/mol. The maximum atomic E-state index is 12.8. The zero-order valence-electron chi connectivity index (χ0n) is 20.2. The van der Waals surface area contributed by atoms with E-state index in [2.05, 4.69) is 19.8 Å². The lowest BCUT2D eigenvalue weighted by molar-refractivity contribution is 0.231. The van der Waals surface area contributed by atoms with Crippen molar-refractivity contribution < 1.29 is 13.5 Å². The molecule has 1 atom stereocenters. The van der Waals surface area contributed by atoms with Crippen molar-refractivity contribution in [1.82, 2.24) is 29.5 Å². The van der Waals surface area contributed by atoms with E-state index in [9.17, 15) is 8.42 Å². The van der Waals surface area contributed by atoms with Crippen LogP contribution in [0.4, 0.5) is 5.82 Å². The number of nitrogens with one attached hydrogen (secondary N) is 1. The van der Waals surface area contributed by atoms with Crippen LogP contribution in [0.3, 0.4) is 0 Å². The number of anilines is 1. The lowest BCUT2D eigenvalue weighted by Crippen LogP contribution is -2.26. The number of benzene rings is 1. The summed E-state index contributed by atoms with van der Waals surface area (Å²) in [5.41, 5.74) is 10.3. The van der Waals surface area contributed by atoms with Gasteiger partial charge in [-0.2, -0.15) is 5.10 Å². The third-order valence-corrected chi connectivity index (χ3v) is 7.27. The molecule has 1 unspecified atom stereocenters. The molecule has 10 nitrogen and oxygen atoms in total. The Balaban J connectivity index is 1.61. The van der Waals surface area contributed by atoms with Crippen LogP contribution in [0.25, 0.3) is 22.5 Å². The van der Waals surface area contributed by atoms with Gasteiger partial charge in [-0.15, -0.1) is 0 Å². The standard InChI is InChI=1S/C25H29N7O3S/c1-17(16-33)7-9-30-36(34,35)21-6-5-18(2)22(10-21)23-13-28-25(26)24(31-23)20-12-29-32(15-20)14-19-4-3-8-27-11-19/h3-6,8,10-13,15,17,30,33H,7,9,14,16H2,1-2H3,(H2,26,28). The van der Waals surface area contributed by atoms with Gasteiger partial charge in [0.2, 0.25) is 10.0 Å². The lowest BCUT2D eigenvalue weighted by Gasteiger charge is -2.12. The summed E-state index contributed by atoms with van der Waals surface area (Å²) >= 11 is 0. The van der Waals surface area contributed by atoms with Crippen molar-refractivity contribution in [3.8, 4) is 22.5 Å². The summed E-state index contributed by atoms with van der Waals surface area (Å²) in [6, 6.07) is 8.72. The molecule has 0 saturated carbocycles. The first-order valence-electron chi connectivity index (χ1n) is 11.5. The smallest absolute Gasteiger partial charge is 0.240 e. The molecular weight excluding hydrogens is 478 g/mol. The minimum Gasteiger partial charge on any atom is -0.396 e. The number of nitrogens with zero attached hydrogens (tertiary/aromatic N) is 5. The first kappa shape index (κ1) is 25.4. The summed E-state index contributed by atoms with van der Waals surface area (Å²) in [4.78, 5) is 13.3. The number of aromatic nitrogens is 5. The zero-order valence-corrected chi connectivity index (χ0v) is 21.0. The van der Waals surface area contributed by atoms with E-state index in [-0.39, 0.29) is 29.8 Å².